The first-order chi connectivity index (χ1) is 11.2. The van der Waals surface area contributed by atoms with E-state index in [1.807, 2.05) is 24.1 Å². The van der Waals surface area contributed by atoms with Crippen LogP contribution in [0.3, 0.4) is 0 Å². The van der Waals surface area contributed by atoms with E-state index in [-0.39, 0.29) is 12.1 Å². The van der Waals surface area contributed by atoms with Gasteiger partial charge < -0.3 is 9.64 Å². The average Bonchev–Trinajstić information content (AvgIpc) is 3.26. The molecule has 0 radical (unpaired) electrons. The van der Waals surface area contributed by atoms with Crippen LogP contribution in [0.15, 0.2) is 23.6 Å². The van der Waals surface area contributed by atoms with E-state index in [2.05, 4.69) is 21.9 Å². The van der Waals surface area contributed by atoms with Crippen LogP contribution < -0.4 is 5.32 Å². The second-order valence-corrected chi connectivity index (χ2v) is 6.66. The van der Waals surface area contributed by atoms with E-state index in [1.54, 1.807) is 23.1 Å². The zero-order chi connectivity index (χ0) is 16.2. The zero-order valence-corrected chi connectivity index (χ0v) is 14.3. The molecule has 0 aromatic carbocycles. The van der Waals surface area contributed by atoms with Crippen LogP contribution in [0.4, 0.5) is 10.6 Å². The molecule has 1 saturated heterocycles. The minimum absolute atomic E-state index is 0.0535. The molecule has 0 bridgehead atoms. The van der Waals surface area contributed by atoms with Crippen molar-refractivity contribution >= 4 is 23.2 Å². The second-order valence-electron chi connectivity index (χ2n) is 5.68. The Hall–Kier alpha value is -1.86. The van der Waals surface area contributed by atoms with Gasteiger partial charge in [0.2, 0.25) is 0 Å². The monoisotopic (exact) mass is 334 g/mol. The van der Waals surface area contributed by atoms with Gasteiger partial charge in [-0.05, 0) is 24.3 Å². The summed E-state index contributed by atoms with van der Waals surface area (Å²) in [6, 6.07) is 6.19. The Kier molecular flexibility index (Phi) is 4.97. The van der Waals surface area contributed by atoms with E-state index in [9.17, 15) is 4.79 Å². The van der Waals surface area contributed by atoms with Gasteiger partial charge in [-0.3, -0.25) is 10.00 Å². The SMILES string of the molecule is COCCc1cc(NC(=O)N2CCC[C@@H]2c2cccs2)n(C)n1. The number of thiophene rings is 1. The molecule has 23 heavy (non-hydrogen) atoms. The molecule has 0 unspecified atom stereocenters. The summed E-state index contributed by atoms with van der Waals surface area (Å²) in [5.41, 5.74) is 0.917. The average molecular weight is 334 g/mol. The molecular weight excluding hydrogens is 312 g/mol. The van der Waals surface area contributed by atoms with Gasteiger partial charge in [-0.15, -0.1) is 11.3 Å². The summed E-state index contributed by atoms with van der Waals surface area (Å²) in [7, 11) is 3.51. The third-order valence-corrected chi connectivity index (χ3v) is 5.09. The molecule has 1 aliphatic rings. The fourth-order valence-electron chi connectivity index (χ4n) is 2.94. The molecule has 7 heteroatoms. The molecule has 1 atom stereocenters. The van der Waals surface area contributed by atoms with Crippen LogP contribution >= 0.6 is 11.3 Å². The Balaban J connectivity index is 1.68. The Bertz CT molecular complexity index is 653. The minimum Gasteiger partial charge on any atom is -0.384 e. The van der Waals surface area contributed by atoms with Crippen molar-refractivity contribution in [1.82, 2.24) is 14.7 Å². The molecule has 1 aliphatic heterocycles. The predicted octanol–water partition coefficient (Wildman–Crippen LogP) is 3.04. The molecule has 124 valence electrons. The minimum atomic E-state index is -0.0535. The number of carbonyl (C=O) groups excluding carboxylic acids is 1. The quantitative estimate of drug-likeness (QED) is 0.914. The molecule has 0 aliphatic carbocycles. The van der Waals surface area contributed by atoms with Crippen molar-refractivity contribution in [2.24, 2.45) is 7.05 Å². The van der Waals surface area contributed by atoms with Gasteiger partial charge in [0.25, 0.3) is 0 Å². The molecular formula is C16H22N4O2S. The molecule has 1 fully saturated rings. The van der Waals surface area contributed by atoms with E-state index in [0.29, 0.717) is 6.61 Å². The number of nitrogens with zero attached hydrogens (tertiary/aromatic N) is 3. The largest absolute Gasteiger partial charge is 0.384 e. The van der Waals surface area contributed by atoms with Crippen LogP contribution in [0.1, 0.15) is 29.5 Å². The lowest BCUT2D eigenvalue weighted by Crippen LogP contribution is -2.34. The maximum absolute atomic E-state index is 12.6. The van der Waals surface area contributed by atoms with Crippen LogP contribution in [-0.2, 0) is 18.2 Å². The zero-order valence-electron chi connectivity index (χ0n) is 13.5. The molecule has 2 aromatic heterocycles. The summed E-state index contributed by atoms with van der Waals surface area (Å²) < 4.78 is 6.78. The Morgan fingerprint density at radius 3 is 3.17 bits per heavy atom. The first kappa shape index (κ1) is 16.0. The number of anilines is 1. The van der Waals surface area contributed by atoms with Crippen molar-refractivity contribution in [1.29, 1.82) is 0 Å². The van der Waals surface area contributed by atoms with E-state index >= 15 is 0 Å². The van der Waals surface area contributed by atoms with Gasteiger partial charge >= 0.3 is 6.03 Å². The molecule has 2 aromatic rings. The summed E-state index contributed by atoms with van der Waals surface area (Å²) in [6.07, 6.45) is 2.81. The Morgan fingerprint density at radius 2 is 2.43 bits per heavy atom. The van der Waals surface area contributed by atoms with Crippen LogP contribution in [0, 0.1) is 0 Å². The standard InChI is InChI=1S/C16H22N4O2S/c1-19-15(11-12(18-19)7-9-22-2)17-16(21)20-8-3-5-13(20)14-6-4-10-23-14/h4,6,10-11,13H,3,5,7-9H2,1-2H3,(H,17,21)/t13-/m1/s1. The molecule has 0 saturated carbocycles. The van der Waals surface area contributed by atoms with E-state index in [4.69, 9.17) is 4.74 Å². The number of hydrogen-bond donors (Lipinski definition) is 1. The van der Waals surface area contributed by atoms with Gasteiger partial charge in [-0.2, -0.15) is 5.10 Å². The van der Waals surface area contributed by atoms with Gasteiger partial charge in [0.15, 0.2) is 0 Å². The summed E-state index contributed by atoms with van der Waals surface area (Å²) in [6.45, 7) is 1.42. The van der Waals surface area contributed by atoms with E-state index in [1.165, 1.54) is 4.88 Å². The van der Waals surface area contributed by atoms with Gasteiger partial charge in [-0.25, -0.2) is 4.79 Å². The highest BCUT2D eigenvalue weighted by atomic mass is 32.1. The van der Waals surface area contributed by atoms with Crippen molar-refractivity contribution in [3.05, 3.63) is 34.2 Å². The number of likely N-dealkylation sites (tertiary alicyclic amines) is 1. The number of aryl methyl sites for hydroxylation is 1. The normalized spacial score (nSPS) is 17.7. The van der Waals surface area contributed by atoms with Crippen LogP contribution in [0.25, 0.3) is 0 Å². The molecule has 3 heterocycles. The van der Waals surface area contributed by atoms with Crippen LogP contribution in [-0.4, -0.2) is 41.0 Å². The first-order valence-corrected chi connectivity index (χ1v) is 8.70. The number of amides is 2. The van der Waals surface area contributed by atoms with Gasteiger partial charge in [-0.1, -0.05) is 6.07 Å². The maximum atomic E-state index is 12.6. The van der Waals surface area contributed by atoms with Crippen molar-refractivity contribution in [2.45, 2.75) is 25.3 Å². The third-order valence-electron chi connectivity index (χ3n) is 4.11. The fraction of sp³-hybridized carbons (Fsp3) is 0.500. The number of carbonyl (C=O) groups is 1. The maximum Gasteiger partial charge on any atom is 0.323 e. The van der Waals surface area contributed by atoms with Gasteiger partial charge in [0.1, 0.15) is 5.82 Å². The van der Waals surface area contributed by atoms with Crippen molar-refractivity contribution in [3.63, 3.8) is 0 Å². The lowest BCUT2D eigenvalue weighted by molar-refractivity contribution is 0.201. The second kappa shape index (κ2) is 7.14. The lowest BCUT2D eigenvalue weighted by atomic mass is 10.2. The molecule has 0 spiro atoms. The highest BCUT2D eigenvalue weighted by molar-refractivity contribution is 7.10. The number of aromatic nitrogens is 2. The van der Waals surface area contributed by atoms with E-state index < -0.39 is 0 Å². The Morgan fingerprint density at radius 1 is 1.57 bits per heavy atom. The number of methoxy groups -OCH3 is 1. The van der Waals surface area contributed by atoms with Gasteiger partial charge in [0, 0.05) is 38.1 Å². The predicted molar refractivity (Wildman–Crippen MR) is 90.8 cm³/mol. The molecule has 6 nitrogen and oxygen atoms in total. The van der Waals surface area contributed by atoms with Crippen molar-refractivity contribution in [3.8, 4) is 0 Å². The number of hydrogen-bond acceptors (Lipinski definition) is 4. The fourth-order valence-corrected chi connectivity index (χ4v) is 3.81. The lowest BCUT2D eigenvalue weighted by Gasteiger charge is -2.24. The van der Waals surface area contributed by atoms with E-state index in [0.717, 1.165) is 37.3 Å². The van der Waals surface area contributed by atoms with Gasteiger partial charge in [0.05, 0.1) is 18.3 Å². The molecule has 3 rings (SSSR count). The highest BCUT2D eigenvalue weighted by Crippen LogP contribution is 2.34. The smallest absolute Gasteiger partial charge is 0.323 e. The highest BCUT2D eigenvalue weighted by Gasteiger charge is 2.31. The number of rotatable bonds is 5. The van der Waals surface area contributed by atoms with Crippen molar-refractivity contribution < 1.29 is 9.53 Å². The van der Waals surface area contributed by atoms with Crippen LogP contribution in [0.2, 0.25) is 0 Å². The Labute approximate surface area is 140 Å². The topological polar surface area (TPSA) is 59.4 Å². The summed E-state index contributed by atoms with van der Waals surface area (Å²) in [4.78, 5) is 15.8. The number of ether oxygens (including phenoxy) is 1. The molecule has 1 N–H and O–H groups in total. The van der Waals surface area contributed by atoms with Crippen molar-refractivity contribution in [2.75, 3.05) is 25.6 Å². The number of nitrogens with one attached hydrogen (secondary N) is 1. The number of urea groups is 1. The summed E-state index contributed by atoms with van der Waals surface area (Å²) in [5.74, 6) is 0.720. The first-order valence-electron chi connectivity index (χ1n) is 7.82. The van der Waals surface area contributed by atoms with Crippen LogP contribution in [0.5, 0.6) is 0 Å². The summed E-state index contributed by atoms with van der Waals surface area (Å²) in [5, 5.41) is 9.46. The summed E-state index contributed by atoms with van der Waals surface area (Å²) >= 11 is 1.71. The molecule has 2 amide bonds. The third kappa shape index (κ3) is 3.56.